The quantitative estimate of drug-likeness (QED) is 0.792. The fourth-order valence-corrected chi connectivity index (χ4v) is 2.74. The lowest BCUT2D eigenvalue weighted by atomic mass is 10.3. The number of ether oxygens (including phenoxy) is 2. The molecule has 0 aliphatic carbocycles. The van der Waals surface area contributed by atoms with E-state index in [0.29, 0.717) is 19.3 Å². The van der Waals surface area contributed by atoms with Crippen molar-refractivity contribution in [3.8, 4) is 11.5 Å². The molecule has 0 spiro atoms. The van der Waals surface area contributed by atoms with Crippen molar-refractivity contribution in [2.24, 2.45) is 0 Å². The van der Waals surface area contributed by atoms with Crippen molar-refractivity contribution >= 4 is 11.3 Å². The molecule has 1 heterocycles. The molecule has 0 amide bonds. The van der Waals surface area contributed by atoms with E-state index in [1.165, 1.54) is 9.75 Å². The van der Waals surface area contributed by atoms with Gasteiger partial charge in [-0.1, -0.05) is 13.8 Å². The molecule has 0 aliphatic heterocycles. The van der Waals surface area contributed by atoms with Crippen LogP contribution in [-0.4, -0.2) is 12.6 Å². The Labute approximate surface area is 130 Å². The van der Waals surface area contributed by atoms with Gasteiger partial charge in [0.25, 0.3) is 0 Å². The minimum Gasteiger partial charge on any atom is -0.494 e. The summed E-state index contributed by atoms with van der Waals surface area (Å²) in [5.74, 6) is 1.75. The standard InChI is InChI=1S/C17H23NO2S/c1-4-19-14-5-7-15(8-6-14)20-12-17-10-9-16(21-17)11-18-13(2)3/h5-10,13,18H,4,11-12H2,1-3H3. The molecule has 114 valence electrons. The maximum Gasteiger partial charge on any atom is 0.122 e. The molecule has 1 N–H and O–H groups in total. The minimum absolute atomic E-state index is 0.510. The zero-order chi connectivity index (χ0) is 15.1. The molecule has 3 nitrogen and oxygen atoms in total. The van der Waals surface area contributed by atoms with Gasteiger partial charge in [-0.25, -0.2) is 0 Å². The van der Waals surface area contributed by atoms with E-state index in [1.807, 2.05) is 31.2 Å². The minimum atomic E-state index is 0.510. The summed E-state index contributed by atoms with van der Waals surface area (Å²) < 4.78 is 11.2. The van der Waals surface area contributed by atoms with Crippen LogP contribution in [-0.2, 0) is 13.2 Å². The molecule has 21 heavy (non-hydrogen) atoms. The van der Waals surface area contributed by atoms with Crippen LogP contribution in [0.15, 0.2) is 36.4 Å². The topological polar surface area (TPSA) is 30.5 Å². The van der Waals surface area contributed by atoms with Gasteiger partial charge >= 0.3 is 0 Å². The summed E-state index contributed by atoms with van der Waals surface area (Å²) in [5.41, 5.74) is 0. The Hall–Kier alpha value is -1.52. The van der Waals surface area contributed by atoms with Crippen molar-refractivity contribution in [3.05, 3.63) is 46.2 Å². The van der Waals surface area contributed by atoms with Gasteiger partial charge in [0.2, 0.25) is 0 Å². The van der Waals surface area contributed by atoms with Gasteiger partial charge in [-0.15, -0.1) is 11.3 Å². The lowest BCUT2D eigenvalue weighted by Gasteiger charge is -2.07. The molecule has 0 bridgehead atoms. The average Bonchev–Trinajstić information content (AvgIpc) is 2.93. The van der Waals surface area contributed by atoms with Crippen LogP contribution in [0, 0.1) is 0 Å². The van der Waals surface area contributed by atoms with Gasteiger partial charge in [0.1, 0.15) is 18.1 Å². The van der Waals surface area contributed by atoms with Gasteiger partial charge in [-0.05, 0) is 43.3 Å². The molecule has 0 atom stereocenters. The second-order valence-corrected chi connectivity index (χ2v) is 6.35. The zero-order valence-electron chi connectivity index (χ0n) is 12.9. The zero-order valence-corrected chi connectivity index (χ0v) is 13.7. The molecule has 1 aromatic heterocycles. The van der Waals surface area contributed by atoms with Gasteiger partial charge in [0.15, 0.2) is 0 Å². The molecule has 2 aromatic rings. The Bertz CT molecular complexity index is 534. The van der Waals surface area contributed by atoms with Crippen molar-refractivity contribution in [1.82, 2.24) is 5.32 Å². The maximum absolute atomic E-state index is 5.80. The molecule has 0 unspecified atom stereocenters. The molecule has 0 aliphatic rings. The molecular weight excluding hydrogens is 282 g/mol. The summed E-state index contributed by atoms with van der Waals surface area (Å²) in [7, 11) is 0. The Morgan fingerprint density at radius 1 is 0.952 bits per heavy atom. The molecule has 2 rings (SSSR count). The lowest BCUT2D eigenvalue weighted by molar-refractivity contribution is 0.307. The first-order chi connectivity index (χ1) is 10.2. The summed E-state index contributed by atoms with van der Waals surface area (Å²) in [6, 6.07) is 12.6. The van der Waals surface area contributed by atoms with Crippen LogP contribution in [0.1, 0.15) is 30.5 Å². The average molecular weight is 305 g/mol. The van der Waals surface area contributed by atoms with Crippen LogP contribution in [0.3, 0.4) is 0 Å². The van der Waals surface area contributed by atoms with Crippen LogP contribution < -0.4 is 14.8 Å². The van der Waals surface area contributed by atoms with Crippen molar-refractivity contribution in [3.63, 3.8) is 0 Å². The maximum atomic E-state index is 5.80. The van der Waals surface area contributed by atoms with Crippen LogP contribution in [0.5, 0.6) is 11.5 Å². The molecule has 0 saturated carbocycles. The van der Waals surface area contributed by atoms with E-state index in [2.05, 4.69) is 31.3 Å². The van der Waals surface area contributed by atoms with Crippen LogP contribution in [0.2, 0.25) is 0 Å². The highest BCUT2D eigenvalue weighted by atomic mass is 32.1. The van der Waals surface area contributed by atoms with E-state index in [1.54, 1.807) is 11.3 Å². The van der Waals surface area contributed by atoms with Crippen LogP contribution in [0.25, 0.3) is 0 Å². The number of hydrogen-bond acceptors (Lipinski definition) is 4. The predicted octanol–water partition coefficient (Wildman–Crippen LogP) is 4.22. The first kappa shape index (κ1) is 15.9. The van der Waals surface area contributed by atoms with Gasteiger partial charge in [0, 0.05) is 22.3 Å². The number of nitrogens with one attached hydrogen (secondary N) is 1. The first-order valence-electron chi connectivity index (χ1n) is 7.34. The summed E-state index contributed by atoms with van der Waals surface area (Å²) in [6.45, 7) is 8.51. The monoisotopic (exact) mass is 305 g/mol. The summed E-state index contributed by atoms with van der Waals surface area (Å²) in [4.78, 5) is 2.58. The van der Waals surface area contributed by atoms with Crippen molar-refractivity contribution in [2.45, 2.75) is 40.0 Å². The molecule has 0 fully saturated rings. The number of rotatable bonds is 8. The van der Waals surface area contributed by atoms with E-state index in [0.717, 1.165) is 18.0 Å². The van der Waals surface area contributed by atoms with Gasteiger partial charge in [-0.2, -0.15) is 0 Å². The highest BCUT2D eigenvalue weighted by molar-refractivity contribution is 7.11. The fourth-order valence-electron chi connectivity index (χ4n) is 1.85. The molecule has 1 aromatic carbocycles. The third-order valence-corrected chi connectivity index (χ3v) is 3.98. The molecule has 0 saturated heterocycles. The summed E-state index contributed by atoms with van der Waals surface area (Å²) in [5, 5.41) is 3.42. The first-order valence-corrected chi connectivity index (χ1v) is 8.15. The smallest absolute Gasteiger partial charge is 0.122 e. The van der Waals surface area contributed by atoms with Gasteiger partial charge < -0.3 is 14.8 Å². The highest BCUT2D eigenvalue weighted by Crippen LogP contribution is 2.21. The van der Waals surface area contributed by atoms with Gasteiger partial charge in [0.05, 0.1) is 6.61 Å². The van der Waals surface area contributed by atoms with Crippen LogP contribution in [0.4, 0.5) is 0 Å². The van der Waals surface area contributed by atoms with E-state index < -0.39 is 0 Å². The number of benzene rings is 1. The molecular formula is C17H23NO2S. The third kappa shape index (κ3) is 5.40. The fraction of sp³-hybridized carbons (Fsp3) is 0.412. The Morgan fingerprint density at radius 3 is 2.19 bits per heavy atom. The van der Waals surface area contributed by atoms with Crippen molar-refractivity contribution < 1.29 is 9.47 Å². The van der Waals surface area contributed by atoms with Crippen LogP contribution >= 0.6 is 11.3 Å². The Morgan fingerprint density at radius 2 is 1.57 bits per heavy atom. The highest BCUT2D eigenvalue weighted by Gasteiger charge is 2.03. The second kappa shape index (κ2) is 8.05. The van der Waals surface area contributed by atoms with E-state index in [-0.39, 0.29) is 0 Å². The van der Waals surface area contributed by atoms with E-state index in [4.69, 9.17) is 9.47 Å². The second-order valence-electron chi connectivity index (χ2n) is 5.10. The summed E-state index contributed by atoms with van der Waals surface area (Å²) in [6.07, 6.45) is 0. The normalized spacial score (nSPS) is 10.9. The van der Waals surface area contributed by atoms with Crippen molar-refractivity contribution in [2.75, 3.05) is 6.61 Å². The van der Waals surface area contributed by atoms with E-state index in [9.17, 15) is 0 Å². The lowest BCUT2D eigenvalue weighted by Crippen LogP contribution is -2.21. The van der Waals surface area contributed by atoms with Crippen molar-refractivity contribution in [1.29, 1.82) is 0 Å². The Kier molecular flexibility index (Phi) is 6.08. The Balaban J connectivity index is 1.82. The van der Waals surface area contributed by atoms with Gasteiger partial charge in [-0.3, -0.25) is 0 Å². The summed E-state index contributed by atoms with van der Waals surface area (Å²) >= 11 is 1.79. The predicted molar refractivity (Wildman–Crippen MR) is 88.2 cm³/mol. The third-order valence-electron chi connectivity index (χ3n) is 2.92. The van der Waals surface area contributed by atoms with E-state index >= 15 is 0 Å². The largest absolute Gasteiger partial charge is 0.494 e. The molecule has 4 heteroatoms. The number of thiophene rings is 1. The molecule has 0 radical (unpaired) electrons. The number of hydrogen-bond donors (Lipinski definition) is 1. The SMILES string of the molecule is CCOc1ccc(OCc2ccc(CNC(C)C)s2)cc1.